The van der Waals surface area contributed by atoms with E-state index in [1.165, 1.54) is 37.7 Å². The average Bonchev–Trinajstić information content (AvgIpc) is 2.70. The van der Waals surface area contributed by atoms with Gasteiger partial charge in [0.2, 0.25) is 0 Å². The number of hydrogen-bond donors (Lipinski definition) is 1. The molecule has 0 spiro atoms. The van der Waals surface area contributed by atoms with E-state index in [9.17, 15) is 0 Å². The van der Waals surface area contributed by atoms with Gasteiger partial charge < -0.3 is 10.2 Å². The minimum Gasteiger partial charge on any atom is -0.367 e. The topological polar surface area (TPSA) is 44.3 Å². The molecule has 1 aromatic carbocycles. The molecule has 144 valence electrons. The molecule has 1 N–H and O–H groups in total. The van der Waals surface area contributed by atoms with Crippen molar-refractivity contribution < 1.29 is 0 Å². The Labute approximate surface area is 162 Å². The number of anilines is 2. The Morgan fingerprint density at radius 3 is 2.44 bits per heavy atom. The average molecular weight is 366 g/mol. The molecule has 1 aliphatic carbocycles. The highest BCUT2D eigenvalue weighted by atomic mass is 15.3. The predicted molar refractivity (Wildman–Crippen MR) is 111 cm³/mol. The fourth-order valence-corrected chi connectivity index (χ4v) is 4.22. The lowest BCUT2D eigenvalue weighted by molar-refractivity contribution is 0.249. The molecule has 5 heteroatoms. The second-order valence-corrected chi connectivity index (χ2v) is 7.89. The number of nitrogens with zero attached hydrogens (tertiary/aromatic N) is 4. The van der Waals surface area contributed by atoms with Crippen LogP contribution in [0, 0.1) is 6.92 Å². The molecule has 4 rings (SSSR count). The third-order valence-corrected chi connectivity index (χ3v) is 5.73. The van der Waals surface area contributed by atoms with E-state index in [0.29, 0.717) is 6.04 Å². The number of rotatable bonds is 5. The zero-order chi connectivity index (χ0) is 18.5. The molecule has 0 unspecified atom stereocenters. The number of piperazine rings is 1. The number of benzene rings is 1. The summed E-state index contributed by atoms with van der Waals surface area (Å²) in [4.78, 5) is 14.3. The van der Waals surface area contributed by atoms with E-state index >= 15 is 0 Å². The van der Waals surface area contributed by atoms with Gasteiger partial charge in [0, 0.05) is 44.8 Å². The van der Waals surface area contributed by atoms with Gasteiger partial charge in [-0.2, -0.15) is 0 Å². The molecule has 5 nitrogen and oxygen atoms in total. The Hall–Kier alpha value is -2.14. The maximum absolute atomic E-state index is 4.72. The SMILES string of the molecule is Cc1nc(NC2CCCCC2)cc(N2CCN(Cc3ccccc3)CC2)n1. The van der Waals surface area contributed by atoms with Crippen LogP contribution in [-0.4, -0.2) is 47.1 Å². The van der Waals surface area contributed by atoms with Crippen molar-refractivity contribution in [3.63, 3.8) is 0 Å². The molecule has 1 saturated heterocycles. The van der Waals surface area contributed by atoms with E-state index < -0.39 is 0 Å². The first-order chi connectivity index (χ1) is 13.3. The van der Waals surface area contributed by atoms with Gasteiger partial charge in [-0.3, -0.25) is 4.90 Å². The van der Waals surface area contributed by atoms with Crippen molar-refractivity contribution in [3.05, 3.63) is 47.8 Å². The Kier molecular flexibility index (Phi) is 5.87. The van der Waals surface area contributed by atoms with E-state index in [1.54, 1.807) is 0 Å². The second kappa shape index (κ2) is 8.70. The van der Waals surface area contributed by atoms with Crippen LogP contribution in [0.5, 0.6) is 0 Å². The fraction of sp³-hybridized carbons (Fsp3) is 0.545. The molecular formula is C22H31N5. The molecule has 2 aliphatic rings. The van der Waals surface area contributed by atoms with Crippen molar-refractivity contribution in [2.45, 2.75) is 51.6 Å². The van der Waals surface area contributed by atoms with Gasteiger partial charge in [-0.15, -0.1) is 0 Å². The highest BCUT2D eigenvalue weighted by molar-refractivity contribution is 5.50. The van der Waals surface area contributed by atoms with Crippen molar-refractivity contribution in [2.75, 3.05) is 36.4 Å². The van der Waals surface area contributed by atoms with E-state index in [0.717, 1.165) is 50.2 Å². The molecule has 1 aromatic heterocycles. The van der Waals surface area contributed by atoms with Crippen LogP contribution in [0.4, 0.5) is 11.6 Å². The van der Waals surface area contributed by atoms with Gasteiger partial charge in [-0.1, -0.05) is 49.6 Å². The highest BCUT2D eigenvalue weighted by Gasteiger charge is 2.20. The summed E-state index contributed by atoms with van der Waals surface area (Å²) in [6.07, 6.45) is 6.56. The Morgan fingerprint density at radius 1 is 0.963 bits per heavy atom. The summed E-state index contributed by atoms with van der Waals surface area (Å²) in [5.41, 5.74) is 1.39. The number of aromatic nitrogens is 2. The van der Waals surface area contributed by atoms with Crippen LogP contribution in [-0.2, 0) is 6.54 Å². The first kappa shape index (κ1) is 18.2. The lowest BCUT2D eigenvalue weighted by Gasteiger charge is -2.35. The van der Waals surface area contributed by atoms with Crippen molar-refractivity contribution in [1.29, 1.82) is 0 Å². The van der Waals surface area contributed by atoms with Gasteiger partial charge >= 0.3 is 0 Å². The van der Waals surface area contributed by atoms with Crippen molar-refractivity contribution in [2.24, 2.45) is 0 Å². The monoisotopic (exact) mass is 365 g/mol. The maximum atomic E-state index is 4.72. The number of aryl methyl sites for hydroxylation is 1. The summed E-state index contributed by atoms with van der Waals surface area (Å²) in [6.45, 7) is 7.22. The quantitative estimate of drug-likeness (QED) is 0.872. The van der Waals surface area contributed by atoms with Gasteiger partial charge in [0.25, 0.3) is 0 Å². The lowest BCUT2D eigenvalue weighted by atomic mass is 9.95. The lowest BCUT2D eigenvalue weighted by Crippen LogP contribution is -2.46. The summed E-state index contributed by atoms with van der Waals surface area (Å²) < 4.78 is 0. The molecule has 0 bridgehead atoms. The van der Waals surface area contributed by atoms with Crippen molar-refractivity contribution in [3.8, 4) is 0 Å². The van der Waals surface area contributed by atoms with E-state index in [4.69, 9.17) is 4.98 Å². The summed E-state index contributed by atoms with van der Waals surface area (Å²) in [5, 5.41) is 3.65. The molecular weight excluding hydrogens is 334 g/mol. The summed E-state index contributed by atoms with van der Waals surface area (Å²) in [6, 6.07) is 13.5. The maximum Gasteiger partial charge on any atom is 0.134 e. The van der Waals surface area contributed by atoms with Crippen LogP contribution in [0.1, 0.15) is 43.5 Å². The zero-order valence-electron chi connectivity index (χ0n) is 16.4. The molecule has 1 aliphatic heterocycles. The van der Waals surface area contributed by atoms with Crippen LogP contribution < -0.4 is 10.2 Å². The van der Waals surface area contributed by atoms with Crippen molar-refractivity contribution >= 4 is 11.6 Å². The normalized spacial score (nSPS) is 19.2. The first-order valence-electron chi connectivity index (χ1n) is 10.4. The van der Waals surface area contributed by atoms with Crippen LogP contribution in [0.15, 0.2) is 36.4 Å². The van der Waals surface area contributed by atoms with Crippen LogP contribution in [0.2, 0.25) is 0 Å². The summed E-state index contributed by atoms with van der Waals surface area (Å²) in [5.74, 6) is 2.92. The van der Waals surface area contributed by atoms with Gasteiger partial charge in [-0.25, -0.2) is 9.97 Å². The molecule has 0 atom stereocenters. The Balaban J connectivity index is 1.36. The van der Waals surface area contributed by atoms with Crippen molar-refractivity contribution in [1.82, 2.24) is 14.9 Å². The minimum absolute atomic E-state index is 0.573. The number of nitrogens with one attached hydrogen (secondary N) is 1. The van der Waals surface area contributed by atoms with Crippen LogP contribution in [0.3, 0.4) is 0 Å². The Morgan fingerprint density at radius 2 is 1.70 bits per heavy atom. The molecule has 2 aromatic rings. The molecule has 0 radical (unpaired) electrons. The first-order valence-corrected chi connectivity index (χ1v) is 10.4. The summed E-state index contributed by atoms with van der Waals surface area (Å²) >= 11 is 0. The smallest absolute Gasteiger partial charge is 0.134 e. The molecule has 2 fully saturated rings. The van der Waals surface area contributed by atoms with E-state index in [-0.39, 0.29) is 0 Å². The number of hydrogen-bond acceptors (Lipinski definition) is 5. The van der Waals surface area contributed by atoms with Gasteiger partial charge in [-0.05, 0) is 25.3 Å². The molecule has 2 heterocycles. The largest absolute Gasteiger partial charge is 0.367 e. The fourth-order valence-electron chi connectivity index (χ4n) is 4.22. The minimum atomic E-state index is 0.573. The Bertz CT molecular complexity index is 719. The second-order valence-electron chi connectivity index (χ2n) is 7.89. The van der Waals surface area contributed by atoms with Gasteiger partial charge in [0.15, 0.2) is 0 Å². The zero-order valence-corrected chi connectivity index (χ0v) is 16.4. The predicted octanol–water partition coefficient (Wildman–Crippen LogP) is 3.85. The third kappa shape index (κ3) is 4.98. The van der Waals surface area contributed by atoms with Gasteiger partial charge in [0.1, 0.15) is 17.5 Å². The third-order valence-electron chi connectivity index (χ3n) is 5.73. The van der Waals surface area contributed by atoms with E-state index in [2.05, 4.69) is 56.5 Å². The molecule has 0 amide bonds. The van der Waals surface area contributed by atoms with Gasteiger partial charge in [0.05, 0.1) is 0 Å². The van der Waals surface area contributed by atoms with Crippen LogP contribution >= 0.6 is 0 Å². The molecule has 1 saturated carbocycles. The summed E-state index contributed by atoms with van der Waals surface area (Å²) in [7, 11) is 0. The van der Waals surface area contributed by atoms with E-state index in [1.807, 2.05) is 6.92 Å². The standard InChI is InChI=1S/C22H31N5/c1-18-23-21(25-20-10-6-3-7-11-20)16-22(24-18)27-14-12-26(13-15-27)17-19-8-4-2-5-9-19/h2,4-5,8-9,16,20H,3,6-7,10-15,17H2,1H3,(H,23,24,25). The highest BCUT2D eigenvalue weighted by Crippen LogP contribution is 2.23. The molecule has 27 heavy (non-hydrogen) atoms. The van der Waals surface area contributed by atoms with Crippen LogP contribution in [0.25, 0.3) is 0 Å².